The average molecular weight is 241 g/mol. The molecule has 1 fully saturated rings. The molecule has 100 valence electrons. The van der Waals surface area contributed by atoms with Gasteiger partial charge in [0.1, 0.15) is 0 Å². The highest BCUT2D eigenvalue weighted by molar-refractivity contribution is 5.67. The van der Waals surface area contributed by atoms with Crippen molar-refractivity contribution in [2.75, 3.05) is 13.1 Å². The zero-order chi connectivity index (χ0) is 12.8. The quantitative estimate of drug-likeness (QED) is 0.777. The number of rotatable bonds is 6. The van der Waals surface area contributed by atoms with Gasteiger partial charge in [0, 0.05) is 6.04 Å². The molecule has 1 aliphatic carbocycles. The molecule has 3 heteroatoms. The maximum Gasteiger partial charge on any atom is 0.304 e. The number of aliphatic carboxylic acids is 1. The van der Waals surface area contributed by atoms with E-state index < -0.39 is 5.97 Å². The van der Waals surface area contributed by atoms with E-state index in [1.807, 2.05) is 0 Å². The van der Waals surface area contributed by atoms with Crippen molar-refractivity contribution in [3.05, 3.63) is 0 Å². The topological polar surface area (TPSA) is 40.5 Å². The van der Waals surface area contributed by atoms with Crippen LogP contribution in [0, 0.1) is 11.8 Å². The highest BCUT2D eigenvalue weighted by Crippen LogP contribution is 2.33. The van der Waals surface area contributed by atoms with Crippen molar-refractivity contribution < 1.29 is 9.90 Å². The molecule has 17 heavy (non-hydrogen) atoms. The van der Waals surface area contributed by atoms with E-state index in [0.29, 0.717) is 12.3 Å². The number of hydrogen-bond acceptors (Lipinski definition) is 2. The fraction of sp³-hybridized carbons (Fsp3) is 0.929. The van der Waals surface area contributed by atoms with E-state index in [4.69, 9.17) is 5.11 Å². The van der Waals surface area contributed by atoms with E-state index in [1.54, 1.807) is 0 Å². The molecule has 0 amide bonds. The van der Waals surface area contributed by atoms with E-state index in [2.05, 4.69) is 25.7 Å². The number of carboxylic acids is 1. The molecule has 0 bridgehead atoms. The maximum atomic E-state index is 11.0. The van der Waals surface area contributed by atoms with Crippen LogP contribution in [0.3, 0.4) is 0 Å². The number of nitrogens with zero attached hydrogens (tertiary/aromatic N) is 1. The zero-order valence-corrected chi connectivity index (χ0v) is 11.5. The van der Waals surface area contributed by atoms with Crippen LogP contribution in [-0.2, 0) is 4.79 Å². The summed E-state index contributed by atoms with van der Waals surface area (Å²) < 4.78 is 0. The molecule has 3 atom stereocenters. The molecule has 0 heterocycles. The van der Waals surface area contributed by atoms with Gasteiger partial charge in [0.15, 0.2) is 0 Å². The van der Waals surface area contributed by atoms with Crippen molar-refractivity contribution in [1.82, 2.24) is 4.90 Å². The Morgan fingerprint density at radius 2 is 2.00 bits per heavy atom. The number of carbonyl (C=O) groups is 1. The monoisotopic (exact) mass is 241 g/mol. The molecule has 0 aromatic rings. The minimum atomic E-state index is -0.653. The predicted molar refractivity (Wildman–Crippen MR) is 70.1 cm³/mol. The lowest BCUT2D eigenvalue weighted by Crippen LogP contribution is -2.43. The Morgan fingerprint density at radius 3 is 2.47 bits per heavy atom. The first kappa shape index (κ1) is 14.5. The van der Waals surface area contributed by atoms with Crippen LogP contribution in [0.15, 0.2) is 0 Å². The van der Waals surface area contributed by atoms with Crippen LogP contribution < -0.4 is 0 Å². The van der Waals surface area contributed by atoms with E-state index in [-0.39, 0.29) is 6.04 Å². The lowest BCUT2D eigenvalue weighted by Gasteiger charge is -2.38. The largest absolute Gasteiger partial charge is 0.481 e. The summed E-state index contributed by atoms with van der Waals surface area (Å²) in [5.41, 5.74) is 0. The van der Waals surface area contributed by atoms with Gasteiger partial charge in [-0.3, -0.25) is 4.79 Å². The second kappa shape index (κ2) is 7.00. The summed E-state index contributed by atoms with van der Waals surface area (Å²) in [4.78, 5) is 13.4. The molecule has 0 saturated heterocycles. The second-order valence-electron chi connectivity index (χ2n) is 5.42. The lowest BCUT2D eigenvalue weighted by atomic mass is 9.77. The molecular formula is C14H27NO2. The molecule has 0 spiro atoms. The summed E-state index contributed by atoms with van der Waals surface area (Å²) in [6.07, 6.45) is 5.30. The minimum Gasteiger partial charge on any atom is -0.481 e. The molecule has 1 N–H and O–H groups in total. The Hall–Kier alpha value is -0.570. The van der Waals surface area contributed by atoms with Crippen LogP contribution in [-0.4, -0.2) is 35.1 Å². The highest BCUT2D eigenvalue weighted by atomic mass is 16.4. The van der Waals surface area contributed by atoms with Crippen LogP contribution in [0.5, 0.6) is 0 Å². The van der Waals surface area contributed by atoms with Gasteiger partial charge in [-0.05, 0) is 37.8 Å². The van der Waals surface area contributed by atoms with Gasteiger partial charge in [0.25, 0.3) is 0 Å². The summed E-state index contributed by atoms with van der Waals surface area (Å²) in [5, 5.41) is 9.09. The molecule has 0 aromatic heterocycles. The zero-order valence-electron chi connectivity index (χ0n) is 11.5. The first-order valence-corrected chi connectivity index (χ1v) is 7.04. The molecule has 0 aromatic carbocycles. The van der Waals surface area contributed by atoms with E-state index in [0.717, 1.165) is 19.0 Å². The Labute approximate surface area is 105 Å². The first-order chi connectivity index (χ1) is 8.08. The summed E-state index contributed by atoms with van der Waals surface area (Å²) >= 11 is 0. The third-order valence-electron chi connectivity index (χ3n) is 4.19. The SMILES string of the molecule is CCN(CC)C(CC(=O)O)C1CCCC(C)C1. The van der Waals surface area contributed by atoms with Gasteiger partial charge >= 0.3 is 5.97 Å². The molecule has 3 unspecified atom stereocenters. The van der Waals surface area contributed by atoms with Crippen molar-refractivity contribution in [3.63, 3.8) is 0 Å². The van der Waals surface area contributed by atoms with Gasteiger partial charge < -0.3 is 10.0 Å². The number of hydrogen-bond donors (Lipinski definition) is 1. The van der Waals surface area contributed by atoms with Crippen molar-refractivity contribution in [1.29, 1.82) is 0 Å². The third kappa shape index (κ3) is 4.30. The fourth-order valence-corrected chi connectivity index (χ4v) is 3.30. The molecular weight excluding hydrogens is 214 g/mol. The highest BCUT2D eigenvalue weighted by Gasteiger charge is 2.31. The third-order valence-corrected chi connectivity index (χ3v) is 4.19. The second-order valence-corrected chi connectivity index (χ2v) is 5.42. The summed E-state index contributed by atoms with van der Waals surface area (Å²) in [7, 11) is 0. The van der Waals surface area contributed by atoms with Crippen LogP contribution >= 0.6 is 0 Å². The van der Waals surface area contributed by atoms with Crippen molar-refractivity contribution in [3.8, 4) is 0 Å². The van der Waals surface area contributed by atoms with Gasteiger partial charge in [-0.15, -0.1) is 0 Å². The van der Waals surface area contributed by atoms with Gasteiger partial charge in [-0.2, -0.15) is 0 Å². The van der Waals surface area contributed by atoms with Crippen LogP contribution in [0.2, 0.25) is 0 Å². The van der Waals surface area contributed by atoms with Crippen LogP contribution in [0.4, 0.5) is 0 Å². The first-order valence-electron chi connectivity index (χ1n) is 7.04. The van der Waals surface area contributed by atoms with Crippen molar-refractivity contribution in [2.45, 2.75) is 58.9 Å². The predicted octanol–water partition coefficient (Wildman–Crippen LogP) is 3.00. The lowest BCUT2D eigenvalue weighted by molar-refractivity contribution is -0.139. The summed E-state index contributed by atoms with van der Waals surface area (Å²) in [5.74, 6) is 0.690. The summed E-state index contributed by atoms with van der Waals surface area (Å²) in [6, 6.07) is 0.241. The molecule has 0 radical (unpaired) electrons. The smallest absolute Gasteiger partial charge is 0.304 e. The molecule has 1 saturated carbocycles. The van der Waals surface area contributed by atoms with E-state index in [9.17, 15) is 4.79 Å². The van der Waals surface area contributed by atoms with E-state index in [1.165, 1.54) is 25.7 Å². The standard InChI is InChI=1S/C14H27NO2/c1-4-15(5-2)13(10-14(16)17)12-8-6-7-11(3)9-12/h11-13H,4-10H2,1-3H3,(H,16,17). The Kier molecular flexibility index (Phi) is 5.96. The van der Waals surface area contributed by atoms with Gasteiger partial charge in [-0.25, -0.2) is 0 Å². The fourth-order valence-electron chi connectivity index (χ4n) is 3.30. The Balaban J connectivity index is 2.69. The van der Waals surface area contributed by atoms with Crippen molar-refractivity contribution in [2.24, 2.45) is 11.8 Å². The normalized spacial score (nSPS) is 27.1. The minimum absolute atomic E-state index is 0.241. The Bertz CT molecular complexity index is 238. The molecule has 1 rings (SSSR count). The molecule has 3 nitrogen and oxygen atoms in total. The van der Waals surface area contributed by atoms with Crippen molar-refractivity contribution >= 4 is 5.97 Å². The Morgan fingerprint density at radius 1 is 1.35 bits per heavy atom. The summed E-state index contributed by atoms with van der Waals surface area (Å²) in [6.45, 7) is 8.47. The number of carboxylic acid groups (broad SMARTS) is 1. The van der Waals surface area contributed by atoms with Crippen LogP contribution in [0.25, 0.3) is 0 Å². The van der Waals surface area contributed by atoms with Crippen LogP contribution in [0.1, 0.15) is 52.9 Å². The van der Waals surface area contributed by atoms with E-state index >= 15 is 0 Å². The molecule has 1 aliphatic rings. The van der Waals surface area contributed by atoms with Gasteiger partial charge in [-0.1, -0.05) is 33.6 Å². The molecule has 0 aliphatic heterocycles. The van der Waals surface area contributed by atoms with Gasteiger partial charge in [0.05, 0.1) is 6.42 Å². The van der Waals surface area contributed by atoms with Gasteiger partial charge in [0.2, 0.25) is 0 Å². The maximum absolute atomic E-state index is 11.0. The average Bonchev–Trinajstić information content (AvgIpc) is 2.29.